The van der Waals surface area contributed by atoms with Crippen LogP contribution in [-0.4, -0.2) is 6.36 Å². The number of halogens is 3. The van der Waals surface area contributed by atoms with Gasteiger partial charge in [-0.2, -0.15) is 0 Å². The molecule has 1 aromatic heterocycles. The van der Waals surface area contributed by atoms with Crippen molar-refractivity contribution < 1.29 is 17.9 Å². The van der Waals surface area contributed by atoms with Gasteiger partial charge in [0.1, 0.15) is 5.75 Å². The van der Waals surface area contributed by atoms with E-state index in [2.05, 4.69) is 10.7 Å². The number of hydrogen-bond acceptors (Lipinski definition) is 2. The lowest BCUT2D eigenvalue weighted by atomic mass is 10.1. The van der Waals surface area contributed by atoms with Crippen LogP contribution in [0.2, 0.25) is 0 Å². The topological polar surface area (TPSA) is 9.23 Å². The van der Waals surface area contributed by atoms with Crippen LogP contribution < -0.4 is 4.74 Å². The van der Waals surface area contributed by atoms with Gasteiger partial charge in [0.2, 0.25) is 0 Å². The van der Waals surface area contributed by atoms with Gasteiger partial charge in [0.05, 0.1) is 0 Å². The minimum atomic E-state index is -4.72. The molecule has 0 aliphatic heterocycles. The monoisotopic (exact) mass is 282 g/mol. The Kier molecular flexibility index (Phi) is 3.54. The number of rotatable bonds is 2. The SMILES string of the molecule is C#Cc1ccc(OC(F)(F)F)c(-c2ccc(C)s2)c1. The first kappa shape index (κ1) is 13.5. The van der Waals surface area contributed by atoms with Gasteiger partial charge in [-0.05, 0) is 37.3 Å². The number of aryl methyl sites for hydroxylation is 1. The number of benzene rings is 1. The summed E-state index contributed by atoms with van der Waals surface area (Å²) in [4.78, 5) is 1.69. The van der Waals surface area contributed by atoms with Crippen LogP contribution in [0, 0.1) is 19.3 Å². The van der Waals surface area contributed by atoms with Gasteiger partial charge >= 0.3 is 6.36 Å². The van der Waals surface area contributed by atoms with Crippen LogP contribution >= 0.6 is 11.3 Å². The smallest absolute Gasteiger partial charge is 0.405 e. The zero-order chi connectivity index (χ0) is 14.0. The van der Waals surface area contributed by atoms with Crippen LogP contribution in [0.1, 0.15) is 10.4 Å². The Bertz CT molecular complexity index is 635. The first-order valence-electron chi connectivity index (χ1n) is 5.32. The first-order chi connectivity index (χ1) is 8.89. The third-order valence-corrected chi connectivity index (χ3v) is 3.41. The van der Waals surface area contributed by atoms with Crippen molar-refractivity contribution in [3.8, 4) is 28.5 Å². The number of thiophene rings is 1. The summed E-state index contributed by atoms with van der Waals surface area (Å²) in [6, 6.07) is 7.77. The van der Waals surface area contributed by atoms with Gasteiger partial charge in [0.25, 0.3) is 0 Å². The van der Waals surface area contributed by atoms with Crippen molar-refractivity contribution in [2.24, 2.45) is 0 Å². The lowest BCUT2D eigenvalue weighted by Gasteiger charge is -2.12. The molecule has 0 aliphatic carbocycles. The first-order valence-corrected chi connectivity index (χ1v) is 6.14. The van der Waals surface area contributed by atoms with Gasteiger partial charge in [-0.15, -0.1) is 30.9 Å². The molecule has 0 atom stereocenters. The van der Waals surface area contributed by atoms with Crippen molar-refractivity contribution in [1.82, 2.24) is 0 Å². The molecule has 1 nitrogen and oxygen atoms in total. The van der Waals surface area contributed by atoms with E-state index in [1.807, 2.05) is 13.0 Å². The average molecular weight is 282 g/mol. The molecule has 5 heteroatoms. The summed E-state index contributed by atoms with van der Waals surface area (Å²) in [6.45, 7) is 1.88. The van der Waals surface area contributed by atoms with Crippen molar-refractivity contribution in [2.45, 2.75) is 13.3 Å². The van der Waals surface area contributed by atoms with Gasteiger partial charge in [0, 0.05) is 20.9 Å². The molecule has 2 rings (SSSR count). The molecule has 2 aromatic rings. The normalized spacial score (nSPS) is 11.1. The highest BCUT2D eigenvalue weighted by atomic mass is 32.1. The van der Waals surface area contributed by atoms with Crippen molar-refractivity contribution in [3.05, 3.63) is 40.8 Å². The number of terminal acetylenes is 1. The van der Waals surface area contributed by atoms with Crippen LogP contribution in [-0.2, 0) is 0 Å². The molecule has 1 aromatic carbocycles. The summed E-state index contributed by atoms with van der Waals surface area (Å²) in [5.41, 5.74) is 0.862. The Labute approximate surface area is 112 Å². The zero-order valence-electron chi connectivity index (χ0n) is 9.91. The third-order valence-electron chi connectivity index (χ3n) is 2.38. The van der Waals surface area contributed by atoms with E-state index in [1.54, 1.807) is 6.07 Å². The van der Waals surface area contributed by atoms with E-state index in [1.165, 1.54) is 29.5 Å². The molecule has 0 saturated carbocycles. The highest BCUT2D eigenvalue weighted by Crippen LogP contribution is 2.37. The second-order valence-electron chi connectivity index (χ2n) is 3.81. The van der Waals surface area contributed by atoms with Gasteiger partial charge in [0.15, 0.2) is 0 Å². The van der Waals surface area contributed by atoms with E-state index < -0.39 is 6.36 Å². The molecule has 0 saturated heterocycles. The van der Waals surface area contributed by atoms with E-state index in [-0.39, 0.29) is 5.75 Å². The molecule has 0 amide bonds. The summed E-state index contributed by atoms with van der Waals surface area (Å²) in [6.07, 6.45) is 0.546. The largest absolute Gasteiger partial charge is 0.573 e. The van der Waals surface area contributed by atoms with Crippen LogP contribution in [0.3, 0.4) is 0 Å². The van der Waals surface area contributed by atoms with E-state index in [0.29, 0.717) is 16.0 Å². The van der Waals surface area contributed by atoms with Crippen LogP contribution in [0.25, 0.3) is 10.4 Å². The van der Waals surface area contributed by atoms with Crippen molar-refractivity contribution in [1.29, 1.82) is 0 Å². The quantitative estimate of drug-likeness (QED) is 0.731. The fourth-order valence-electron chi connectivity index (χ4n) is 1.61. The standard InChI is InChI=1S/C14H9F3OS/c1-3-10-5-6-12(18-14(15,16)17)11(8-10)13-7-4-9(2)19-13/h1,4-8H,2H3. The Morgan fingerprint density at radius 1 is 1.21 bits per heavy atom. The maximum absolute atomic E-state index is 12.4. The molecular weight excluding hydrogens is 273 g/mol. The van der Waals surface area contributed by atoms with E-state index >= 15 is 0 Å². The van der Waals surface area contributed by atoms with E-state index in [4.69, 9.17) is 6.42 Å². The minimum Gasteiger partial charge on any atom is -0.405 e. The zero-order valence-corrected chi connectivity index (χ0v) is 10.7. The van der Waals surface area contributed by atoms with Crippen molar-refractivity contribution in [3.63, 3.8) is 0 Å². The summed E-state index contributed by atoms with van der Waals surface area (Å²) < 4.78 is 41.1. The third kappa shape index (κ3) is 3.30. The van der Waals surface area contributed by atoms with Gasteiger partial charge in [-0.25, -0.2) is 0 Å². The summed E-state index contributed by atoms with van der Waals surface area (Å²) in [5, 5.41) is 0. The van der Waals surface area contributed by atoms with Crippen LogP contribution in [0.15, 0.2) is 30.3 Å². The van der Waals surface area contributed by atoms with Gasteiger partial charge in [-0.1, -0.05) is 5.92 Å². The second kappa shape index (κ2) is 4.98. The van der Waals surface area contributed by atoms with E-state index in [0.717, 1.165) is 4.88 Å². The molecule has 0 bridgehead atoms. The summed E-state index contributed by atoms with van der Waals surface area (Å²) in [5.74, 6) is 2.16. The number of alkyl halides is 3. The number of ether oxygens (including phenoxy) is 1. The molecule has 0 unspecified atom stereocenters. The lowest BCUT2D eigenvalue weighted by molar-refractivity contribution is -0.274. The predicted octanol–water partition coefficient (Wildman–Crippen LogP) is 4.60. The summed E-state index contributed by atoms with van der Waals surface area (Å²) in [7, 11) is 0. The molecule has 0 spiro atoms. The highest BCUT2D eigenvalue weighted by Gasteiger charge is 2.32. The molecular formula is C14H9F3OS. The summed E-state index contributed by atoms with van der Waals surface area (Å²) >= 11 is 1.38. The molecule has 0 fully saturated rings. The lowest BCUT2D eigenvalue weighted by Crippen LogP contribution is -2.17. The second-order valence-corrected chi connectivity index (χ2v) is 5.10. The molecule has 0 aliphatic rings. The maximum atomic E-state index is 12.4. The Hall–Kier alpha value is -1.93. The molecule has 19 heavy (non-hydrogen) atoms. The minimum absolute atomic E-state index is 0.242. The molecule has 0 radical (unpaired) electrons. The van der Waals surface area contributed by atoms with Crippen LogP contribution in [0.4, 0.5) is 13.2 Å². The van der Waals surface area contributed by atoms with Crippen molar-refractivity contribution >= 4 is 11.3 Å². The van der Waals surface area contributed by atoms with Gasteiger partial charge < -0.3 is 4.74 Å². The van der Waals surface area contributed by atoms with E-state index in [9.17, 15) is 13.2 Å². The number of hydrogen-bond donors (Lipinski definition) is 0. The predicted molar refractivity (Wildman–Crippen MR) is 69.1 cm³/mol. The van der Waals surface area contributed by atoms with Crippen LogP contribution in [0.5, 0.6) is 5.75 Å². The fourth-order valence-corrected chi connectivity index (χ4v) is 2.49. The Morgan fingerprint density at radius 2 is 1.95 bits per heavy atom. The highest BCUT2D eigenvalue weighted by molar-refractivity contribution is 7.15. The molecule has 1 heterocycles. The molecule has 0 N–H and O–H groups in total. The maximum Gasteiger partial charge on any atom is 0.573 e. The molecule has 98 valence electrons. The Morgan fingerprint density at radius 3 is 2.47 bits per heavy atom. The Balaban J connectivity index is 2.52. The van der Waals surface area contributed by atoms with Gasteiger partial charge in [-0.3, -0.25) is 0 Å². The van der Waals surface area contributed by atoms with Crippen molar-refractivity contribution in [2.75, 3.05) is 0 Å². The fraction of sp³-hybridized carbons (Fsp3) is 0.143. The average Bonchev–Trinajstić information content (AvgIpc) is 2.74.